The van der Waals surface area contributed by atoms with Crippen LogP contribution in [0.5, 0.6) is 11.5 Å². The molecular weight excluding hydrogens is 374 g/mol. The molecular formula is C18H18F2N4O4. The number of amides is 1. The summed E-state index contributed by atoms with van der Waals surface area (Å²) in [5.74, 6) is 0.442. The van der Waals surface area contributed by atoms with E-state index in [4.69, 9.17) is 19.7 Å². The predicted octanol–water partition coefficient (Wildman–Crippen LogP) is 2.95. The maximum Gasteiger partial charge on any atom is 0.282 e. The molecule has 0 bridgehead atoms. The van der Waals surface area contributed by atoms with Gasteiger partial charge in [-0.05, 0) is 19.1 Å². The Morgan fingerprint density at radius 1 is 1.29 bits per heavy atom. The highest BCUT2D eigenvalue weighted by Gasteiger charge is 2.26. The SMILES string of the molecule is COc1cccc(OC)c1-c1cc(Cn2nc(C(F)F)c(C(N)=O)c2C)on1. The van der Waals surface area contributed by atoms with Gasteiger partial charge in [-0.25, -0.2) is 8.78 Å². The summed E-state index contributed by atoms with van der Waals surface area (Å²) in [5.41, 5.74) is 5.52. The highest BCUT2D eigenvalue weighted by atomic mass is 19.3. The van der Waals surface area contributed by atoms with Crippen molar-refractivity contribution in [2.45, 2.75) is 19.9 Å². The fraction of sp³-hybridized carbons (Fsp3) is 0.278. The minimum Gasteiger partial charge on any atom is -0.496 e. The second-order valence-electron chi connectivity index (χ2n) is 5.88. The third-order valence-corrected chi connectivity index (χ3v) is 4.24. The topological polar surface area (TPSA) is 105 Å². The maximum absolute atomic E-state index is 13.2. The van der Waals surface area contributed by atoms with E-state index in [-0.39, 0.29) is 17.8 Å². The zero-order chi connectivity index (χ0) is 20.4. The van der Waals surface area contributed by atoms with Crippen LogP contribution in [0.25, 0.3) is 11.3 Å². The number of carbonyl (C=O) groups excluding carboxylic acids is 1. The van der Waals surface area contributed by atoms with Crippen molar-refractivity contribution in [1.82, 2.24) is 14.9 Å². The van der Waals surface area contributed by atoms with Gasteiger partial charge in [0.25, 0.3) is 12.3 Å². The number of nitrogens with zero attached hydrogens (tertiary/aromatic N) is 3. The van der Waals surface area contributed by atoms with Crippen LogP contribution in [-0.4, -0.2) is 35.1 Å². The van der Waals surface area contributed by atoms with Crippen molar-refractivity contribution >= 4 is 5.91 Å². The summed E-state index contributed by atoms with van der Waals surface area (Å²) in [5, 5.41) is 7.82. The summed E-state index contributed by atoms with van der Waals surface area (Å²) in [7, 11) is 3.03. The molecule has 1 amide bonds. The molecule has 1 aromatic carbocycles. The molecule has 0 spiro atoms. The number of hydrogen-bond donors (Lipinski definition) is 1. The molecule has 3 rings (SSSR count). The van der Waals surface area contributed by atoms with Gasteiger partial charge in [0.05, 0.1) is 25.3 Å². The first-order chi connectivity index (χ1) is 13.4. The molecule has 2 aromatic heterocycles. The van der Waals surface area contributed by atoms with Crippen LogP contribution < -0.4 is 15.2 Å². The molecule has 3 aromatic rings. The van der Waals surface area contributed by atoms with Gasteiger partial charge in [-0.3, -0.25) is 9.48 Å². The molecule has 148 valence electrons. The second kappa shape index (κ2) is 7.67. The number of rotatable bonds is 7. The standard InChI is InChI=1S/C18H18F2N4O4/c1-9-14(18(21)25)16(17(19)20)22-24(9)8-10-7-11(23-28-10)15-12(26-2)5-4-6-13(15)27-3/h4-7,17H,8H2,1-3H3,(H2,21,25). The summed E-state index contributed by atoms with van der Waals surface area (Å²) in [6.07, 6.45) is -2.93. The van der Waals surface area contributed by atoms with Crippen LogP contribution in [0.2, 0.25) is 0 Å². The molecule has 0 aliphatic rings. The van der Waals surface area contributed by atoms with Crippen molar-refractivity contribution in [1.29, 1.82) is 0 Å². The quantitative estimate of drug-likeness (QED) is 0.663. The number of methoxy groups -OCH3 is 2. The lowest BCUT2D eigenvalue weighted by molar-refractivity contribution is 0.0984. The molecule has 0 fully saturated rings. The lowest BCUT2D eigenvalue weighted by Gasteiger charge is -2.10. The van der Waals surface area contributed by atoms with Gasteiger partial charge in [-0.15, -0.1) is 0 Å². The van der Waals surface area contributed by atoms with Crippen molar-refractivity contribution in [3.05, 3.63) is 47.0 Å². The summed E-state index contributed by atoms with van der Waals surface area (Å²) < 4.78 is 43.6. The van der Waals surface area contributed by atoms with Crippen molar-refractivity contribution in [3.63, 3.8) is 0 Å². The van der Waals surface area contributed by atoms with E-state index < -0.39 is 18.0 Å². The lowest BCUT2D eigenvalue weighted by Crippen LogP contribution is -2.14. The van der Waals surface area contributed by atoms with Gasteiger partial charge in [-0.2, -0.15) is 5.10 Å². The van der Waals surface area contributed by atoms with E-state index in [1.54, 1.807) is 24.3 Å². The summed E-state index contributed by atoms with van der Waals surface area (Å²) in [4.78, 5) is 11.5. The third kappa shape index (κ3) is 3.40. The summed E-state index contributed by atoms with van der Waals surface area (Å²) in [6.45, 7) is 1.48. The number of hydrogen-bond acceptors (Lipinski definition) is 6. The van der Waals surface area contributed by atoms with E-state index in [2.05, 4.69) is 10.3 Å². The van der Waals surface area contributed by atoms with Crippen LogP contribution >= 0.6 is 0 Å². The third-order valence-electron chi connectivity index (χ3n) is 4.24. The molecule has 0 unspecified atom stereocenters. The van der Waals surface area contributed by atoms with Gasteiger partial charge in [0, 0.05) is 11.8 Å². The molecule has 2 N–H and O–H groups in total. The van der Waals surface area contributed by atoms with Gasteiger partial charge < -0.3 is 19.7 Å². The molecule has 28 heavy (non-hydrogen) atoms. The van der Waals surface area contributed by atoms with Crippen LogP contribution in [0, 0.1) is 6.92 Å². The highest BCUT2D eigenvalue weighted by molar-refractivity contribution is 5.95. The van der Waals surface area contributed by atoms with Crippen LogP contribution in [0.15, 0.2) is 28.8 Å². The normalized spacial score (nSPS) is 11.1. The largest absolute Gasteiger partial charge is 0.496 e. The molecule has 0 aliphatic heterocycles. The fourth-order valence-electron chi connectivity index (χ4n) is 2.94. The Morgan fingerprint density at radius 2 is 1.93 bits per heavy atom. The number of benzene rings is 1. The van der Waals surface area contributed by atoms with Crippen LogP contribution in [0.1, 0.15) is 33.9 Å². The zero-order valence-corrected chi connectivity index (χ0v) is 15.4. The van der Waals surface area contributed by atoms with Crippen LogP contribution in [0.3, 0.4) is 0 Å². The van der Waals surface area contributed by atoms with Gasteiger partial charge in [0.2, 0.25) is 0 Å². The van der Waals surface area contributed by atoms with Gasteiger partial charge in [0.15, 0.2) is 5.76 Å². The number of aromatic nitrogens is 3. The minimum absolute atomic E-state index is 0.0106. The van der Waals surface area contributed by atoms with E-state index in [0.717, 1.165) is 0 Å². The molecule has 0 saturated carbocycles. The predicted molar refractivity (Wildman–Crippen MR) is 94.6 cm³/mol. The number of primary amides is 1. The van der Waals surface area contributed by atoms with E-state index >= 15 is 0 Å². The molecule has 0 saturated heterocycles. The number of alkyl halides is 2. The average Bonchev–Trinajstić information content (AvgIpc) is 3.26. The smallest absolute Gasteiger partial charge is 0.282 e. The first-order valence-corrected chi connectivity index (χ1v) is 8.19. The Kier molecular flexibility index (Phi) is 5.30. The Labute approximate surface area is 158 Å². The summed E-state index contributed by atoms with van der Waals surface area (Å²) in [6, 6.07) is 6.88. The molecule has 0 radical (unpaired) electrons. The molecule has 0 aliphatic carbocycles. The summed E-state index contributed by atoms with van der Waals surface area (Å²) >= 11 is 0. The van der Waals surface area contributed by atoms with Gasteiger partial charge in [-0.1, -0.05) is 11.2 Å². The van der Waals surface area contributed by atoms with E-state index in [1.165, 1.54) is 25.8 Å². The highest BCUT2D eigenvalue weighted by Crippen LogP contribution is 2.37. The van der Waals surface area contributed by atoms with Crippen molar-refractivity contribution in [3.8, 4) is 22.8 Å². The van der Waals surface area contributed by atoms with Gasteiger partial charge in [0.1, 0.15) is 29.4 Å². The van der Waals surface area contributed by atoms with E-state index in [0.29, 0.717) is 28.5 Å². The number of carbonyl (C=O) groups is 1. The minimum atomic E-state index is -2.93. The Balaban J connectivity index is 1.98. The zero-order valence-electron chi connectivity index (χ0n) is 15.4. The van der Waals surface area contributed by atoms with Gasteiger partial charge >= 0.3 is 0 Å². The van der Waals surface area contributed by atoms with Crippen LogP contribution in [-0.2, 0) is 6.54 Å². The monoisotopic (exact) mass is 392 g/mol. The molecule has 0 atom stereocenters. The Morgan fingerprint density at radius 3 is 2.43 bits per heavy atom. The Bertz CT molecular complexity index is 991. The van der Waals surface area contributed by atoms with E-state index in [9.17, 15) is 13.6 Å². The second-order valence-corrected chi connectivity index (χ2v) is 5.88. The van der Waals surface area contributed by atoms with Crippen molar-refractivity contribution < 1.29 is 27.6 Å². The first-order valence-electron chi connectivity index (χ1n) is 8.19. The van der Waals surface area contributed by atoms with Crippen molar-refractivity contribution in [2.75, 3.05) is 14.2 Å². The first kappa shape index (κ1) is 19.3. The fourth-order valence-corrected chi connectivity index (χ4v) is 2.94. The lowest BCUT2D eigenvalue weighted by atomic mass is 10.1. The maximum atomic E-state index is 13.2. The number of nitrogens with two attached hydrogens (primary N) is 1. The molecule has 8 nitrogen and oxygen atoms in total. The Hall–Kier alpha value is -3.43. The molecule has 10 heteroatoms. The van der Waals surface area contributed by atoms with Crippen molar-refractivity contribution in [2.24, 2.45) is 5.73 Å². The van der Waals surface area contributed by atoms with Crippen LogP contribution in [0.4, 0.5) is 8.78 Å². The molecule has 2 heterocycles. The number of ether oxygens (including phenoxy) is 2. The van der Waals surface area contributed by atoms with E-state index in [1.807, 2.05) is 0 Å². The average molecular weight is 392 g/mol. The number of halogens is 2.